The van der Waals surface area contributed by atoms with Crippen LogP contribution in [0.3, 0.4) is 0 Å². The van der Waals surface area contributed by atoms with E-state index in [1.807, 2.05) is 6.07 Å². The Kier molecular flexibility index (Phi) is 5.51. The largest absolute Gasteiger partial charge is 0.506 e. The second kappa shape index (κ2) is 6.93. The van der Waals surface area contributed by atoms with E-state index in [-0.39, 0.29) is 6.04 Å². The number of nitrogens with zero attached hydrogens (tertiary/aromatic N) is 1. The van der Waals surface area contributed by atoms with Crippen LogP contribution >= 0.6 is 27.5 Å². The molecule has 1 aromatic carbocycles. The summed E-state index contributed by atoms with van der Waals surface area (Å²) in [6.07, 6.45) is 2.11. The lowest BCUT2D eigenvalue weighted by Crippen LogP contribution is -2.45. The fourth-order valence-corrected chi connectivity index (χ4v) is 3.48. The number of aromatic hydroxyl groups is 1. The van der Waals surface area contributed by atoms with Crippen LogP contribution in [0, 0.1) is 0 Å². The third kappa shape index (κ3) is 3.63. The van der Waals surface area contributed by atoms with Gasteiger partial charge in [0.05, 0.1) is 4.47 Å². The van der Waals surface area contributed by atoms with Crippen molar-refractivity contribution in [1.29, 1.82) is 0 Å². The molecule has 0 bridgehead atoms. The maximum Gasteiger partial charge on any atom is 0.134 e. The van der Waals surface area contributed by atoms with Gasteiger partial charge in [0, 0.05) is 42.8 Å². The highest BCUT2D eigenvalue weighted by atomic mass is 79.9. The van der Waals surface area contributed by atoms with Gasteiger partial charge in [0.15, 0.2) is 0 Å². The van der Waals surface area contributed by atoms with Crippen molar-refractivity contribution in [2.24, 2.45) is 0 Å². The van der Waals surface area contributed by atoms with Crippen molar-refractivity contribution in [3.05, 3.63) is 27.2 Å². The summed E-state index contributed by atoms with van der Waals surface area (Å²) >= 11 is 9.51. The second-order valence-corrected chi connectivity index (χ2v) is 6.21. The van der Waals surface area contributed by atoms with Gasteiger partial charge in [0.25, 0.3) is 0 Å². The third-order valence-corrected chi connectivity index (χ3v) is 4.39. The number of piperazine rings is 1. The molecule has 0 spiro atoms. The lowest BCUT2D eigenvalue weighted by Gasteiger charge is -2.35. The molecule has 0 saturated carbocycles. The number of halogens is 2. The molecule has 1 saturated heterocycles. The molecule has 1 aliphatic rings. The van der Waals surface area contributed by atoms with Crippen LogP contribution in [0.1, 0.15) is 31.4 Å². The van der Waals surface area contributed by atoms with Crippen molar-refractivity contribution in [3.63, 3.8) is 0 Å². The zero-order valence-electron chi connectivity index (χ0n) is 11.1. The quantitative estimate of drug-likeness (QED) is 0.874. The van der Waals surface area contributed by atoms with E-state index in [0.29, 0.717) is 15.2 Å². The normalized spacial score (nSPS) is 18.5. The molecule has 3 nitrogen and oxygen atoms in total. The van der Waals surface area contributed by atoms with Crippen LogP contribution in [-0.4, -0.2) is 36.2 Å². The van der Waals surface area contributed by atoms with E-state index in [0.717, 1.165) is 44.6 Å². The molecule has 1 atom stereocenters. The van der Waals surface area contributed by atoms with Gasteiger partial charge in [-0.3, -0.25) is 4.90 Å². The molecule has 2 N–H and O–H groups in total. The molecule has 0 aliphatic carbocycles. The van der Waals surface area contributed by atoms with E-state index in [4.69, 9.17) is 11.6 Å². The van der Waals surface area contributed by atoms with Crippen LogP contribution in [0.2, 0.25) is 5.02 Å². The van der Waals surface area contributed by atoms with Gasteiger partial charge in [-0.2, -0.15) is 0 Å². The SMILES string of the molecule is CCC[C@H](c1cc(Cl)cc(Br)c1O)N1CCNCC1. The Bertz CT molecular complexity index is 436. The first-order valence-electron chi connectivity index (χ1n) is 6.76. The van der Waals surface area contributed by atoms with Crippen LogP contribution in [0.4, 0.5) is 0 Å². The fourth-order valence-electron chi connectivity index (χ4n) is 2.64. The molecule has 2 rings (SSSR count). The van der Waals surface area contributed by atoms with E-state index in [1.54, 1.807) is 6.07 Å². The number of benzene rings is 1. The van der Waals surface area contributed by atoms with Crippen molar-refractivity contribution in [2.45, 2.75) is 25.8 Å². The summed E-state index contributed by atoms with van der Waals surface area (Å²) in [7, 11) is 0. The van der Waals surface area contributed by atoms with Gasteiger partial charge < -0.3 is 10.4 Å². The van der Waals surface area contributed by atoms with Gasteiger partial charge in [-0.1, -0.05) is 24.9 Å². The molecule has 0 unspecified atom stereocenters. The maximum atomic E-state index is 10.3. The number of hydrogen-bond donors (Lipinski definition) is 2. The maximum absolute atomic E-state index is 10.3. The Morgan fingerprint density at radius 2 is 2.11 bits per heavy atom. The van der Waals surface area contributed by atoms with Crippen LogP contribution < -0.4 is 5.32 Å². The predicted octanol–water partition coefficient (Wildman–Crippen LogP) is 3.55. The van der Waals surface area contributed by atoms with E-state index < -0.39 is 0 Å². The summed E-state index contributed by atoms with van der Waals surface area (Å²) in [6, 6.07) is 3.87. The Morgan fingerprint density at radius 1 is 1.42 bits per heavy atom. The van der Waals surface area contributed by atoms with Crippen LogP contribution in [-0.2, 0) is 0 Å². The standard InChI is InChI=1S/C14H20BrClN2O/c1-2-3-13(18-6-4-17-5-7-18)11-8-10(16)9-12(15)14(11)19/h8-9,13,17,19H,2-7H2,1H3/t13-/m1/s1. The number of rotatable bonds is 4. The van der Waals surface area contributed by atoms with Gasteiger partial charge in [-0.05, 0) is 34.5 Å². The predicted molar refractivity (Wildman–Crippen MR) is 82.9 cm³/mol. The fraction of sp³-hybridized carbons (Fsp3) is 0.571. The zero-order chi connectivity index (χ0) is 13.8. The lowest BCUT2D eigenvalue weighted by atomic mass is 9.99. The minimum absolute atomic E-state index is 0.238. The molecular weight excluding hydrogens is 328 g/mol. The Balaban J connectivity index is 2.32. The molecule has 0 aromatic heterocycles. The zero-order valence-corrected chi connectivity index (χ0v) is 13.5. The van der Waals surface area contributed by atoms with Crippen LogP contribution in [0.25, 0.3) is 0 Å². The first-order chi connectivity index (χ1) is 9.13. The van der Waals surface area contributed by atoms with Crippen LogP contribution in [0.15, 0.2) is 16.6 Å². The first-order valence-corrected chi connectivity index (χ1v) is 7.93. The Morgan fingerprint density at radius 3 is 2.74 bits per heavy atom. The molecule has 1 fully saturated rings. The molecule has 1 aromatic rings. The summed E-state index contributed by atoms with van der Waals surface area (Å²) in [6.45, 7) is 6.19. The molecule has 0 amide bonds. The van der Waals surface area contributed by atoms with E-state index in [9.17, 15) is 5.11 Å². The highest BCUT2D eigenvalue weighted by molar-refractivity contribution is 9.10. The smallest absolute Gasteiger partial charge is 0.134 e. The van der Waals surface area contributed by atoms with Gasteiger partial charge in [0.1, 0.15) is 5.75 Å². The number of phenolic OH excluding ortho intramolecular Hbond substituents is 1. The van der Waals surface area contributed by atoms with Gasteiger partial charge in [0.2, 0.25) is 0 Å². The highest BCUT2D eigenvalue weighted by Gasteiger charge is 2.25. The molecule has 106 valence electrons. The van der Waals surface area contributed by atoms with E-state index in [1.165, 1.54) is 0 Å². The molecule has 5 heteroatoms. The van der Waals surface area contributed by atoms with E-state index in [2.05, 4.69) is 33.1 Å². The molecule has 19 heavy (non-hydrogen) atoms. The summed E-state index contributed by atoms with van der Waals surface area (Å²) in [4.78, 5) is 2.43. The Labute approximate surface area is 128 Å². The average molecular weight is 348 g/mol. The minimum Gasteiger partial charge on any atom is -0.506 e. The minimum atomic E-state index is 0.238. The first kappa shape index (κ1) is 15.1. The van der Waals surface area contributed by atoms with Crippen molar-refractivity contribution in [3.8, 4) is 5.75 Å². The van der Waals surface area contributed by atoms with Crippen molar-refractivity contribution in [1.82, 2.24) is 10.2 Å². The third-order valence-electron chi connectivity index (χ3n) is 3.57. The highest BCUT2D eigenvalue weighted by Crippen LogP contribution is 2.39. The van der Waals surface area contributed by atoms with Crippen molar-refractivity contribution in [2.75, 3.05) is 26.2 Å². The van der Waals surface area contributed by atoms with Gasteiger partial charge in [-0.15, -0.1) is 0 Å². The molecular formula is C14H20BrClN2O. The summed E-state index contributed by atoms with van der Waals surface area (Å²) in [5.74, 6) is 0.321. The number of nitrogens with one attached hydrogen (secondary N) is 1. The Hall–Kier alpha value is -0.290. The number of phenols is 1. The molecule has 1 aliphatic heterocycles. The second-order valence-electron chi connectivity index (χ2n) is 4.92. The van der Waals surface area contributed by atoms with Crippen molar-refractivity contribution >= 4 is 27.5 Å². The average Bonchev–Trinajstić information content (AvgIpc) is 2.41. The lowest BCUT2D eigenvalue weighted by molar-refractivity contribution is 0.162. The summed E-state index contributed by atoms with van der Waals surface area (Å²) in [5, 5.41) is 14.3. The van der Waals surface area contributed by atoms with E-state index >= 15 is 0 Å². The monoisotopic (exact) mass is 346 g/mol. The topological polar surface area (TPSA) is 35.5 Å². The number of hydrogen-bond acceptors (Lipinski definition) is 3. The van der Waals surface area contributed by atoms with Crippen molar-refractivity contribution < 1.29 is 5.11 Å². The summed E-state index contributed by atoms with van der Waals surface area (Å²) in [5.41, 5.74) is 0.933. The van der Waals surface area contributed by atoms with Gasteiger partial charge in [-0.25, -0.2) is 0 Å². The molecule has 0 radical (unpaired) electrons. The molecule has 1 heterocycles. The van der Waals surface area contributed by atoms with Crippen LogP contribution in [0.5, 0.6) is 5.75 Å². The van der Waals surface area contributed by atoms with Gasteiger partial charge >= 0.3 is 0 Å². The summed E-state index contributed by atoms with van der Waals surface area (Å²) < 4.78 is 0.672.